The molecule has 6 nitrogen and oxygen atoms in total. The maximum absolute atomic E-state index is 12.2. The summed E-state index contributed by atoms with van der Waals surface area (Å²) in [5.74, 6) is -0.334. The summed E-state index contributed by atoms with van der Waals surface area (Å²) in [5.41, 5.74) is 1.02. The molecule has 9 heteroatoms. The summed E-state index contributed by atoms with van der Waals surface area (Å²) < 4.78 is 26.6. The lowest BCUT2D eigenvalue weighted by Crippen LogP contribution is -2.18. The lowest BCUT2D eigenvalue weighted by atomic mass is 10.2. The molecule has 3 aromatic rings. The first-order chi connectivity index (χ1) is 11.4. The lowest BCUT2D eigenvalue weighted by Gasteiger charge is -2.01. The molecule has 0 aliphatic carbocycles. The van der Waals surface area contributed by atoms with Crippen molar-refractivity contribution in [2.45, 2.75) is 4.90 Å². The van der Waals surface area contributed by atoms with E-state index in [9.17, 15) is 13.2 Å². The number of anilines is 1. The smallest absolute Gasteiger partial charge is 0.257 e. The number of thiazole rings is 1. The van der Waals surface area contributed by atoms with Crippen LogP contribution in [0.25, 0.3) is 10.2 Å². The van der Waals surface area contributed by atoms with E-state index in [1.54, 1.807) is 30.3 Å². The second kappa shape index (κ2) is 6.48. The van der Waals surface area contributed by atoms with Crippen molar-refractivity contribution in [2.24, 2.45) is 0 Å². The maximum Gasteiger partial charge on any atom is 0.257 e. The molecule has 1 heterocycles. The highest BCUT2D eigenvalue weighted by Gasteiger charge is 2.15. The van der Waals surface area contributed by atoms with Gasteiger partial charge in [-0.1, -0.05) is 29.0 Å². The molecule has 3 rings (SSSR count). The van der Waals surface area contributed by atoms with Crippen LogP contribution in [-0.2, 0) is 10.0 Å². The van der Waals surface area contributed by atoms with Crippen molar-refractivity contribution >= 4 is 54.2 Å². The number of amides is 1. The monoisotopic (exact) mass is 381 g/mol. The molecule has 0 atom stereocenters. The third kappa shape index (κ3) is 3.41. The van der Waals surface area contributed by atoms with Crippen LogP contribution in [-0.4, -0.2) is 26.4 Å². The molecule has 24 heavy (non-hydrogen) atoms. The van der Waals surface area contributed by atoms with Crippen LogP contribution < -0.4 is 10.0 Å². The van der Waals surface area contributed by atoms with E-state index in [0.29, 0.717) is 25.9 Å². The highest BCUT2D eigenvalue weighted by Crippen LogP contribution is 2.28. The summed E-state index contributed by atoms with van der Waals surface area (Å²) >= 11 is 7.07. The number of nitrogens with one attached hydrogen (secondary N) is 2. The molecule has 0 saturated heterocycles. The van der Waals surface area contributed by atoms with Crippen molar-refractivity contribution in [3.8, 4) is 0 Å². The number of nitrogens with zero attached hydrogens (tertiary/aromatic N) is 1. The number of aromatic nitrogens is 1. The van der Waals surface area contributed by atoms with Gasteiger partial charge in [0.15, 0.2) is 5.13 Å². The summed E-state index contributed by atoms with van der Waals surface area (Å²) in [6.45, 7) is 0. The van der Waals surface area contributed by atoms with Crippen LogP contribution in [0.4, 0.5) is 5.13 Å². The molecule has 0 bridgehead atoms. The van der Waals surface area contributed by atoms with Crippen LogP contribution in [0.2, 0.25) is 5.02 Å². The quantitative estimate of drug-likeness (QED) is 0.726. The van der Waals surface area contributed by atoms with E-state index >= 15 is 0 Å². The van der Waals surface area contributed by atoms with Crippen LogP contribution in [0.3, 0.4) is 0 Å². The molecule has 0 fully saturated rings. The Balaban J connectivity index is 1.90. The molecule has 2 N–H and O–H groups in total. The molecule has 0 aliphatic heterocycles. The predicted octanol–water partition coefficient (Wildman–Crippen LogP) is 3.11. The van der Waals surface area contributed by atoms with Gasteiger partial charge in [0, 0.05) is 10.6 Å². The minimum Gasteiger partial charge on any atom is -0.298 e. The van der Waals surface area contributed by atoms with Gasteiger partial charge in [-0.3, -0.25) is 10.1 Å². The number of fused-ring (bicyclic) bond motifs is 1. The number of rotatable bonds is 4. The first-order valence-electron chi connectivity index (χ1n) is 6.80. The van der Waals surface area contributed by atoms with Gasteiger partial charge >= 0.3 is 0 Å². The molecule has 1 aromatic heterocycles. The Bertz CT molecular complexity index is 1030. The Morgan fingerprint density at radius 1 is 1.21 bits per heavy atom. The summed E-state index contributed by atoms with van der Waals surface area (Å²) in [6, 6.07) is 11.2. The zero-order chi connectivity index (χ0) is 17.3. The van der Waals surface area contributed by atoms with E-state index < -0.39 is 10.0 Å². The van der Waals surface area contributed by atoms with Gasteiger partial charge in [-0.05, 0) is 43.4 Å². The van der Waals surface area contributed by atoms with Crippen molar-refractivity contribution in [1.29, 1.82) is 0 Å². The van der Waals surface area contributed by atoms with Crippen molar-refractivity contribution in [2.75, 3.05) is 12.4 Å². The number of carbonyl (C=O) groups excluding carboxylic acids is 1. The molecule has 2 aromatic carbocycles. The van der Waals surface area contributed by atoms with E-state index in [2.05, 4.69) is 15.0 Å². The van der Waals surface area contributed by atoms with Crippen LogP contribution in [0.5, 0.6) is 0 Å². The third-order valence-corrected chi connectivity index (χ3v) is 5.83. The van der Waals surface area contributed by atoms with Crippen molar-refractivity contribution in [1.82, 2.24) is 9.71 Å². The first-order valence-corrected chi connectivity index (χ1v) is 9.48. The fourth-order valence-electron chi connectivity index (χ4n) is 2.04. The number of halogens is 1. The molecule has 1 amide bonds. The summed E-state index contributed by atoms with van der Waals surface area (Å²) in [5, 5.41) is 3.54. The van der Waals surface area contributed by atoms with E-state index in [-0.39, 0.29) is 10.8 Å². The number of carbonyl (C=O) groups is 1. The van der Waals surface area contributed by atoms with Gasteiger partial charge in [0.25, 0.3) is 5.91 Å². The standard InChI is InChI=1S/C15H12ClN3O3S2/c1-17-24(21,22)11-5-6-12-13(8-11)23-15(18-12)19-14(20)9-3-2-4-10(16)7-9/h2-8,17H,1H3,(H,18,19,20). The van der Waals surface area contributed by atoms with Gasteiger partial charge in [-0.15, -0.1) is 0 Å². The van der Waals surface area contributed by atoms with Gasteiger partial charge < -0.3 is 0 Å². The van der Waals surface area contributed by atoms with E-state index in [0.717, 1.165) is 0 Å². The number of sulfonamides is 1. The summed E-state index contributed by atoms with van der Waals surface area (Å²) in [7, 11) is -2.17. The van der Waals surface area contributed by atoms with Crippen molar-refractivity contribution in [3.05, 3.63) is 53.1 Å². The van der Waals surface area contributed by atoms with Crippen LogP contribution >= 0.6 is 22.9 Å². The molecule has 0 radical (unpaired) electrons. The average molecular weight is 382 g/mol. The molecule has 0 saturated carbocycles. The minimum absolute atomic E-state index is 0.147. The molecule has 0 aliphatic rings. The molecule has 0 spiro atoms. The van der Waals surface area contributed by atoms with Gasteiger partial charge in [-0.2, -0.15) is 0 Å². The van der Waals surface area contributed by atoms with Gasteiger partial charge in [0.1, 0.15) is 0 Å². The second-order valence-electron chi connectivity index (χ2n) is 4.82. The molecular weight excluding hydrogens is 370 g/mol. The number of hydrogen-bond donors (Lipinski definition) is 2. The van der Waals surface area contributed by atoms with Gasteiger partial charge in [0.05, 0.1) is 15.1 Å². The minimum atomic E-state index is -3.52. The van der Waals surface area contributed by atoms with E-state index in [1.807, 2.05) is 0 Å². The SMILES string of the molecule is CNS(=O)(=O)c1ccc2nc(NC(=O)c3cccc(Cl)c3)sc2c1. The Hall–Kier alpha value is -2.00. The maximum atomic E-state index is 12.2. The summed E-state index contributed by atoms with van der Waals surface area (Å²) in [6.07, 6.45) is 0. The molecule has 124 valence electrons. The molecule has 0 unspecified atom stereocenters. The first kappa shape index (κ1) is 16.8. The Labute approximate surface area is 147 Å². The fraction of sp³-hybridized carbons (Fsp3) is 0.0667. The van der Waals surface area contributed by atoms with Crippen LogP contribution in [0.1, 0.15) is 10.4 Å². The topological polar surface area (TPSA) is 88.2 Å². The second-order valence-corrected chi connectivity index (χ2v) is 8.17. The Morgan fingerprint density at radius 2 is 2.00 bits per heavy atom. The highest BCUT2D eigenvalue weighted by molar-refractivity contribution is 7.89. The van der Waals surface area contributed by atoms with Crippen LogP contribution in [0, 0.1) is 0 Å². The highest BCUT2D eigenvalue weighted by atomic mass is 35.5. The largest absolute Gasteiger partial charge is 0.298 e. The normalized spacial score (nSPS) is 11.6. The zero-order valence-corrected chi connectivity index (χ0v) is 14.8. The van der Waals surface area contributed by atoms with Gasteiger partial charge in [-0.25, -0.2) is 18.1 Å². The lowest BCUT2D eigenvalue weighted by molar-refractivity contribution is 0.102. The number of hydrogen-bond acceptors (Lipinski definition) is 5. The van der Waals surface area contributed by atoms with Gasteiger partial charge in [0.2, 0.25) is 10.0 Å². The predicted molar refractivity (Wildman–Crippen MR) is 95.3 cm³/mol. The van der Waals surface area contributed by atoms with Crippen molar-refractivity contribution in [3.63, 3.8) is 0 Å². The summed E-state index contributed by atoms with van der Waals surface area (Å²) in [4.78, 5) is 16.6. The molecular formula is C15H12ClN3O3S2. The number of benzene rings is 2. The van der Waals surface area contributed by atoms with Crippen molar-refractivity contribution < 1.29 is 13.2 Å². The zero-order valence-electron chi connectivity index (χ0n) is 12.4. The fourth-order valence-corrected chi connectivity index (χ4v) is 3.96. The third-order valence-electron chi connectivity index (χ3n) is 3.25. The Kier molecular flexibility index (Phi) is 4.55. The van der Waals surface area contributed by atoms with E-state index in [1.165, 1.54) is 30.5 Å². The van der Waals surface area contributed by atoms with Crippen LogP contribution in [0.15, 0.2) is 47.4 Å². The van der Waals surface area contributed by atoms with E-state index in [4.69, 9.17) is 11.6 Å². The Morgan fingerprint density at radius 3 is 2.71 bits per heavy atom. The average Bonchev–Trinajstić information content (AvgIpc) is 2.96.